The van der Waals surface area contributed by atoms with E-state index in [1.807, 2.05) is 26.0 Å². The van der Waals surface area contributed by atoms with Crippen LogP contribution in [0.4, 0.5) is 0 Å². The van der Waals surface area contributed by atoms with Gasteiger partial charge in [0.2, 0.25) is 5.88 Å². The van der Waals surface area contributed by atoms with E-state index < -0.39 is 5.97 Å². The van der Waals surface area contributed by atoms with Gasteiger partial charge in [0.15, 0.2) is 0 Å². The van der Waals surface area contributed by atoms with E-state index in [1.165, 1.54) is 6.07 Å². The van der Waals surface area contributed by atoms with Crippen LogP contribution < -0.4 is 9.47 Å². The third kappa shape index (κ3) is 3.95. The molecule has 2 rings (SSSR count). The first-order valence-corrected chi connectivity index (χ1v) is 6.77. The molecule has 5 nitrogen and oxygen atoms in total. The molecule has 1 heterocycles. The van der Waals surface area contributed by atoms with E-state index >= 15 is 0 Å². The number of benzene rings is 1. The minimum atomic E-state index is -1.000. The standard InChI is InChI=1S/C16H17NO4/c1-3-12-8-11(16(18)19)9-15(17-12)21-14-7-5-6-13(10-14)20-4-2/h5-10H,3-4H2,1-2H3,(H,18,19). The zero-order valence-electron chi connectivity index (χ0n) is 12.0. The first-order valence-electron chi connectivity index (χ1n) is 6.77. The Bertz CT molecular complexity index is 640. The van der Waals surface area contributed by atoms with Crippen molar-refractivity contribution in [2.45, 2.75) is 20.3 Å². The highest BCUT2D eigenvalue weighted by Gasteiger charge is 2.09. The van der Waals surface area contributed by atoms with Crippen molar-refractivity contribution in [3.63, 3.8) is 0 Å². The van der Waals surface area contributed by atoms with Crippen molar-refractivity contribution in [1.29, 1.82) is 0 Å². The van der Waals surface area contributed by atoms with Gasteiger partial charge in [0.1, 0.15) is 11.5 Å². The number of carboxylic acid groups (broad SMARTS) is 1. The summed E-state index contributed by atoms with van der Waals surface area (Å²) in [6.07, 6.45) is 0.635. The zero-order chi connectivity index (χ0) is 15.2. The zero-order valence-corrected chi connectivity index (χ0v) is 12.0. The molecular formula is C16H17NO4. The predicted octanol–water partition coefficient (Wildman–Crippen LogP) is 3.53. The number of aryl methyl sites for hydroxylation is 1. The summed E-state index contributed by atoms with van der Waals surface area (Å²) >= 11 is 0. The normalized spacial score (nSPS) is 10.2. The number of rotatable bonds is 6. The lowest BCUT2D eigenvalue weighted by Gasteiger charge is -2.09. The van der Waals surface area contributed by atoms with E-state index in [1.54, 1.807) is 18.2 Å². The smallest absolute Gasteiger partial charge is 0.335 e. The molecule has 0 amide bonds. The second kappa shape index (κ2) is 6.74. The molecule has 0 saturated carbocycles. The van der Waals surface area contributed by atoms with Gasteiger partial charge in [-0.3, -0.25) is 0 Å². The van der Waals surface area contributed by atoms with E-state index in [0.717, 1.165) is 0 Å². The largest absolute Gasteiger partial charge is 0.494 e. The fourth-order valence-electron chi connectivity index (χ4n) is 1.83. The Labute approximate surface area is 123 Å². The average Bonchev–Trinajstić information content (AvgIpc) is 2.47. The number of hydrogen-bond acceptors (Lipinski definition) is 4. The summed E-state index contributed by atoms with van der Waals surface area (Å²) in [4.78, 5) is 15.4. The monoisotopic (exact) mass is 287 g/mol. The van der Waals surface area contributed by atoms with Crippen molar-refractivity contribution in [3.05, 3.63) is 47.7 Å². The maximum atomic E-state index is 11.1. The van der Waals surface area contributed by atoms with Gasteiger partial charge in [0.05, 0.1) is 12.2 Å². The van der Waals surface area contributed by atoms with Crippen LogP contribution in [0.3, 0.4) is 0 Å². The second-order valence-corrected chi connectivity index (χ2v) is 4.35. The van der Waals surface area contributed by atoms with Crippen LogP contribution in [0.25, 0.3) is 0 Å². The molecule has 0 aliphatic carbocycles. The lowest BCUT2D eigenvalue weighted by Crippen LogP contribution is -2.01. The summed E-state index contributed by atoms with van der Waals surface area (Å²) in [5, 5.41) is 9.11. The van der Waals surface area contributed by atoms with Crippen molar-refractivity contribution < 1.29 is 19.4 Å². The predicted molar refractivity (Wildman–Crippen MR) is 78.3 cm³/mol. The number of carboxylic acids is 1. The van der Waals surface area contributed by atoms with Gasteiger partial charge < -0.3 is 14.6 Å². The van der Waals surface area contributed by atoms with Crippen LogP contribution in [-0.4, -0.2) is 22.7 Å². The molecule has 0 aliphatic heterocycles. The average molecular weight is 287 g/mol. The lowest BCUT2D eigenvalue weighted by atomic mass is 10.2. The number of hydrogen-bond donors (Lipinski definition) is 1. The van der Waals surface area contributed by atoms with E-state index in [-0.39, 0.29) is 11.4 Å². The Morgan fingerprint density at radius 2 is 1.95 bits per heavy atom. The molecule has 1 aromatic heterocycles. The van der Waals surface area contributed by atoms with E-state index in [2.05, 4.69) is 4.98 Å². The first kappa shape index (κ1) is 14.8. The molecule has 0 aliphatic rings. The number of nitrogens with zero attached hydrogens (tertiary/aromatic N) is 1. The Hall–Kier alpha value is -2.56. The van der Waals surface area contributed by atoms with Gasteiger partial charge in [0.25, 0.3) is 0 Å². The van der Waals surface area contributed by atoms with Crippen molar-refractivity contribution in [3.8, 4) is 17.4 Å². The first-order chi connectivity index (χ1) is 10.1. The highest BCUT2D eigenvalue weighted by atomic mass is 16.5. The Morgan fingerprint density at radius 3 is 2.62 bits per heavy atom. The van der Waals surface area contributed by atoms with Crippen LogP contribution in [0.2, 0.25) is 0 Å². The molecule has 0 saturated heterocycles. The van der Waals surface area contributed by atoms with Crippen LogP contribution >= 0.6 is 0 Å². The molecule has 0 fully saturated rings. The Balaban J connectivity index is 2.28. The van der Waals surface area contributed by atoms with Gasteiger partial charge in [-0.15, -0.1) is 0 Å². The summed E-state index contributed by atoms with van der Waals surface area (Å²) < 4.78 is 11.0. The fraction of sp³-hybridized carbons (Fsp3) is 0.250. The molecule has 2 aromatic rings. The van der Waals surface area contributed by atoms with Gasteiger partial charge in [0, 0.05) is 17.8 Å². The fourth-order valence-corrected chi connectivity index (χ4v) is 1.83. The number of carbonyl (C=O) groups is 1. The van der Waals surface area contributed by atoms with Crippen molar-refractivity contribution in [2.75, 3.05) is 6.61 Å². The molecule has 0 unspecified atom stereocenters. The molecule has 1 N–H and O–H groups in total. The molecule has 0 bridgehead atoms. The van der Waals surface area contributed by atoms with Crippen molar-refractivity contribution in [1.82, 2.24) is 4.98 Å². The maximum absolute atomic E-state index is 11.1. The van der Waals surface area contributed by atoms with Gasteiger partial charge in [-0.05, 0) is 31.5 Å². The Morgan fingerprint density at radius 1 is 1.19 bits per heavy atom. The topological polar surface area (TPSA) is 68.7 Å². The van der Waals surface area contributed by atoms with Crippen LogP contribution in [0.1, 0.15) is 29.9 Å². The molecule has 110 valence electrons. The number of aromatic nitrogens is 1. The summed E-state index contributed by atoms with van der Waals surface area (Å²) in [5.74, 6) is 0.513. The highest BCUT2D eigenvalue weighted by molar-refractivity contribution is 5.88. The SMILES string of the molecule is CCOc1cccc(Oc2cc(C(=O)O)cc(CC)n2)c1. The highest BCUT2D eigenvalue weighted by Crippen LogP contribution is 2.25. The lowest BCUT2D eigenvalue weighted by molar-refractivity contribution is 0.0696. The van der Waals surface area contributed by atoms with Crippen LogP contribution in [0.15, 0.2) is 36.4 Å². The minimum absolute atomic E-state index is 0.165. The van der Waals surface area contributed by atoms with Crippen LogP contribution in [0.5, 0.6) is 17.4 Å². The van der Waals surface area contributed by atoms with Crippen molar-refractivity contribution in [2.24, 2.45) is 0 Å². The summed E-state index contributed by atoms with van der Waals surface area (Å²) in [7, 11) is 0. The van der Waals surface area contributed by atoms with Crippen molar-refractivity contribution >= 4 is 5.97 Å². The van der Waals surface area contributed by atoms with E-state index in [9.17, 15) is 4.79 Å². The van der Waals surface area contributed by atoms with Crippen LogP contribution in [-0.2, 0) is 6.42 Å². The molecule has 0 radical (unpaired) electrons. The van der Waals surface area contributed by atoms with E-state index in [0.29, 0.717) is 30.2 Å². The summed E-state index contributed by atoms with van der Waals surface area (Å²) in [6, 6.07) is 10.1. The number of ether oxygens (including phenoxy) is 2. The number of aromatic carboxylic acids is 1. The van der Waals surface area contributed by atoms with Gasteiger partial charge in [-0.25, -0.2) is 9.78 Å². The second-order valence-electron chi connectivity index (χ2n) is 4.35. The summed E-state index contributed by atoms with van der Waals surface area (Å²) in [6.45, 7) is 4.38. The molecule has 21 heavy (non-hydrogen) atoms. The number of pyridine rings is 1. The van der Waals surface area contributed by atoms with Gasteiger partial charge in [-0.1, -0.05) is 13.0 Å². The molecule has 0 spiro atoms. The van der Waals surface area contributed by atoms with Gasteiger partial charge in [-0.2, -0.15) is 0 Å². The molecule has 0 atom stereocenters. The van der Waals surface area contributed by atoms with Gasteiger partial charge >= 0.3 is 5.97 Å². The molecule has 1 aromatic carbocycles. The maximum Gasteiger partial charge on any atom is 0.335 e. The third-order valence-corrected chi connectivity index (χ3v) is 2.80. The molecule has 5 heteroatoms. The minimum Gasteiger partial charge on any atom is -0.494 e. The molecular weight excluding hydrogens is 270 g/mol. The summed E-state index contributed by atoms with van der Waals surface area (Å²) in [5.41, 5.74) is 0.837. The third-order valence-electron chi connectivity index (χ3n) is 2.80. The Kier molecular flexibility index (Phi) is 4.77. The van der Waals surface area contributed by atoms with Crippen LogP contribution in [0, 0.1) is 0 Å². The quantitative estimate of drug-likeness (QED) is 0.880. The van der Waals surface area contributed by atoms with E-state index in [4.69, 9.17) is 14.6 Å².